The smallest absolute Gasteiger partial charge is 0.362 e. The minimum atomic E-state index is -4.50. The Labute approximate surface area is 188 Å². The predicted molar refractivity (Wildman–Crippen MR) is 115 cm³/mol. The molecule has 1 aromatic carbocycles. The second-order valence-electron chi connectivity index (χ2n) is 8.53. The first-order valence-electron chi connectivity index (χ1n) is 10.8. The summed E-state index contributed by atoms with van der Waals surface area (Å²) < 4.78 is 42.5. The Hall–Kier alpha value is -3.43. The van der Waals surface area contributed by atoms with Crippen LogP contribution in [0.25, 0.3) is 0 Å². The van der Waals surface area contributed by atoms with Crippen LogP contribution in [-0.2, 0) is 23.4 Å². The van der Waals surface area contributed by atoms with Gasteiger partial charge in [-0.2, -0.15) is 28.5 Å². The molecule has 0 radical (unpaired) electrons. The molecule has 7 nitrogen and oxygen atoms in total. The van der Waals surface area contributed by atoms with E-state index in [2.05, 4.69) is 20.6 Å². The van der Waals surface area contributed by atoms with Gasteiger partial charge in [0.2, 0.25) is 0 Å². The Bertz CT molecular complexity index is 1220. The number of nitrogens with one attached hydrogen (secondary N) is 1. The number of aromatic nitrogens is 2. The van der Waals surface area contributed by atoms with Gasteiger partial charge in [-0.25, -0.2) is 0 Å². The van der Waals surface area contributed by atoms with Crippen molar-refractivity contribution in [1.82, 2.24) is 15.1 Å². The largest absolute Gasteiger partial charge is 0.416 e. The minimum Gasteiger partial charge on any atom is -0.362 e. The Kier molecular flexibility index (Phi) is 4.73. The Morgan fingerprint density at radius 1 is 1.27 bits per heavy atom. The summed E-state index contributed by atoms with van der Waals surface area (Å²) in [7, 11) is 1.80. The molecule has 1 N–H and O–H groups in total. The molecule has 2 aromatic rings. The number of aryl methyl sites for hydroxylation is 2. The molecule has 2 unspecified atom stereocenters. The summed E-state index contributed by atoms with van der Waals surface area (Å²) in [5.41, 5.74) is 1.28. The van der Waals surface area contributed by atoms with Crippen molar-refractivity contribution in [3.8, 4) is 0 Å². The van der Waals surface area contributed by atoms with Crippen molar-refractivity contribution in [3.05, 3.63) is 70.2 Å². The lowest BCUT2D eigenvalue weighted by Gasteiger charge is -2.47. The third-order valence-corrected chi connectivity index (χ3v) is 6.84. The summed E-state index contributed by atoms with van der Waals surface area (Å²) in [6.07, 6.45) is -2.54. The van der Waals surface area contributed by atoms with Gasteiger partial charge in [-0.1, -0.05) is 25.1 Å². The van der Waals surface area contributed by atoms with E-state index in [1.807, 2.05) is 19.9 Å². The summed E-state index contributed by atoms with van der Waals surface area (Å²) in [6, 6.07) is 7.07. The molecular weight excluding hydrogens is 433 g/mol. The van der Waals surface area contributed by atoms with Crippen LogP contribution in [0.5, 0.6) is 0 Å². The van der Waals surface area contributed by atoms with E-state index in [4.69, 9.17) is 0 Å². The van der Waals surface area contributed by atoms with E-state index in [0.717, 1.165) is 17.8 Å². The van der Waals surface area contributed by atoms with Crippen molar-refractivity contribution in [1.29, 1.82) is 0 Å². The van der Waals surface area contributed by atoms with Crippen molar-refractivity contribution in [3.63, 3.8) is 0 Å². The fourth-order valence-corrected chi connectivity index (χ4v) is 5.10. The van der Waals surface area contributed by atoms with Gasteiger partial charge in [0.05, 0.1) is 22.8 Å². The molecule has 3 aliphatic rings. The molecule has 1 amide bonds. The van der Waals surface area contributed by atoms with Crippen molar-refractivity contribution in [2.24, 2.45) is 17.3 Å². The van der Waals surface area contributed by atoms with Crippen molar-refractivity contribution >= 4 is 11.7 Å². The maximum atomic E-state index is 14.0. The standard InChI is InChI=1S/C23H23F3N6O/c1-4-22(14-6-5-7-15(11-14)23(24,25)26)16-12-27-29-20(16)28-17-8-9-32(21(33)19(17)22)18-10-13(2)31(3)30-18/h5-7,10-12,20,28H,4,8-9H2,1-3H3. The maximum absolute atomic E-state index is 14.0. The van der Waals surface area contributed by atoms with Gasteiger partial charge in [0, 0.05) is 43.0 Å². The molecule has 4 heterocycles. The summed E-state index contributed by atoms with van der Waals surface area (Å²) in [6.45, 7) is 4.18. The zero-order valence-electron chi connectivity index (χ0n) is 18.4. The maximum Gasteiger partial charge on any atom is 0.416 e. The summed E-state index contributed by atoms with van der Waals surface area (Å²) in [5, 5.41) is 16.0. The highest BCUT2D eigenvalue weighted by atomic mass is 19.4. The second kappa shape index (κ2) is 7.29. The number of hydrogen-bond donors (Lipinski definition) is 1. The minimum absolute atomic E-state index is 0.271. The van der Waals surface area contributed by atoms with Crippen LogP contribution in [0.15, 0.2) is 63.6 Å². The average Bonchev–Trinajstić information content (AvgIpc) is 3.38. The fraction of sp³-hybridized carbons (Fsp3) is 0.391. The van der Waals surface area contributed by atoms with E-state index < -0.39 is 23.3 Å². The molecule has 172 valence electrons. The van der Waals surface area contributed by atoms with Crippen LogP contribution in [0.2, 0.25) is 0 Å². The van der Waals surface area contributed by atoms with Crippen LogP contribution in [0.3, 0.4) is 0 Å². The molecule has 5 rings (SSSR count). The van der Waals surface area contributed by atoms with Gasteiger partial charge >= 0.3 is 6.18 Å². The number of carbonyl (C=O) groups is 1. The molecule has 0 aliphatic carbocycles. The summed E-state index contributed by atoms with van der Waals surface area (Å²) >= 11 is 0. The lowest BCUT2D eigenvalue weighted by molar-refractivity contribution is -0.137. The number of hydrogen-bond acceptors (Lipinski definition) is 5. The van der Waals surface area contributed by atoms with Crippen molar-refractivity contribution < 1.29 is 18.0 Å². The first kappa shape index (κ1) is 21.4. The van der Waals surface area contributed by atoms with Gasteiger partial charge in [0.15, 0.2) is 12.0 Å². The monoisotopic (exact) mass is 456 g/mol. The van der Waals surface area contributed by atoms with E-state index in [9.17, 15) is 18.0 Å². The van der Waals surface area contributed by atoms with Crippen molar-refractivity contribution in [2.75, 3.05) is 11.4 Å². The van der Waals surface area contributed by atoms with E-state index >= 15 is 0 Å². The number of rotatable bonds is 3. The average molecular weight is 456 g/mol. The normalized spacial score (nSPS) is 24.5. The Balaban J connectivity index is 1.71. The predicted octanol–water partition coefficient (Wildman–Crippen LogP) is 4.37. The molecule has 0 saturated carbocycles. The number of fused-ring (bicyclic) bond motifs is 1. The quantitative estimate of drug-likeness (QED) is 0.746. The number of benzene rings is 1. The van der Waals surface area contributed by atoms with Gasteiger partial charge in [-0.05, 0) is 25.0 Å². The fourth-order valence-electron chi connectivity index (χ4n) is 5.10. The number of nitrogens with zero attached hydrogens (tertiary/aromatic N) is 5. The zero-order chi connectivity index (χ0) is 23.5. The molecule has 3 aliphatic heterocycles. The van der Waals surface area contributed by atoms with Crippen LogP contribution in [0, 0.1) is 6.92 Å². The van der Waals surface area contributed by atoms with Gasteiger partial charge in [-0.15, -0.1) is 0 Å². The van der Waals surface area contributed by atoms with E-state index in [1.54, 1.807) is 28.9 Å². The molecule has 2 atom stereocenters. The van der Waals surface area contributed by atoms with E-state index in [-0.39, 0.29) is 5.91 Å². The molecule has 33 heavy (non-hydrogen) atoms. The van der Waals surface area contributed by atoms with Gasteiger partial charge in [0.1, 0.15) is 0 Å². The first-order valence-corrected chi connectivity index (χ1v) is 10.8. The topological polar surface area (TPSA) is 74.9 Å². The number of azo groups is 1. The van der Waals surface area contributed by atoms with Crippen LogP contribution in [0.4, 0.5) is 19.0 Å². The highest BCUT2D eigenvalue weighted by Crippen LogP contribution is 2.51. The molecular formula is C23H23F3N6O. The third-order valence-electron chi connectivity index (χ3n) is 6.84. The number of amides is 1. The van der Waals surface area contributed by atoms with E-state index in [0.29, 0.717) is 47.6 Å². The molecule has 0 spiro atoms. The second-order valence-corrected chi connectivity index (χ2v) is 8.53. The van der Waals surface area contributed by atoms with Crippen LogP contribution in [0.1, 0.15) is 36.6 Å². The van der Waals surface area contributed by atoms with Crippen molar-refractivity contribution in [2.45, 2.75) is 44.4 Å². The molecule has 0 bridgehead atoms. The Morgan fingerprint density at radius 3 is 2.73 bits per heavy atom. The number of halogens is 3. The lowest BCUT2D eigenvalue weighted by Crippen LogP contribution is -2.54. The number of carbonyl (C=O) groups excluding carboxylic acids is 1. The van der Waals surface area contributed by atoms with Gasteiger partial charge in [0.25, 0.3) is 5.91 Å². The van der Waals surface area contributed by atoms with Crippen LogP contribution >= 0.6 is 0 Å². The van der Waals surface area contributed by atoms with Crippen LogP contribution < -0.4 is 10.2 Å². The van der Waals surface area contributed by atoms with Crippen LogP contribution in [-0.4, -0.2) is 28.4 Å². The highest BCUT2D eigenvalue weighted by Gasteiger charge is 2.53. The van der Waals surface area contributed by atoms with Gasteiger partial charge < -0.3 is 5.32 Å². The SMILES string of the molecule is CCC1(c2cccc(C(F)(F)F)c2)C2=CN=NC2NC2=C1C(=O)N(c1cc(C)n(C)n1)CC2. The lowest BCUT2D eigenvalue weighted by atomic mass is 9.62. The molecule has 10 heteroatoms. The summed E-state index contributed by atoms with van der Waals surface area (Å²) in [5.74, 6) is 0.254. The Morgan fingerprint density at radius 2 is 2.06 bits per heavy atom. The molecule has 1 aromatic heterocycles. The summed E-state index contributed by atoms with van der Waals surface area (Å²) in [4.78, 5) is 15.6. The molecule has 0 fully saturated rings. The van der Waals surface area contributed by atoms with Gasteiger partial charge in [-0.3, -0.25) is 14.4 Å². The molecule has 0 saturated heterocycles. The highest BCUT2D eigenvalue weighted by molar-refractivity contribution is 6.09. The number of anilines is 1. The third kappa shape index (κ3) is 3.11. The first-order chi connectivity index (χ1) is 15.7. The zero-order valence-corrected chi connectivity index (χ0v) is 18.4. The van der Waals surface area contributed by atoms with E-state index in [1.165, 1.54) is 6.07 Å². The number of alkyl halides is 3.